The molecule has 0 saturated carbocycles. The summed E-state index contributed by atoms with van der Waals surface area (Å²) in [5, 5.41) is 0. The molecule has 1 aromatic rings. The normalized spacial score (nSPS) is 27.7. The summed E-state index contributed by atoms with van der Waals surface area (Å²) in [6.07, 6.45) is 4.93. The van der Waals surface area contributed by atoms with Crippen molar-refractivity contribution in [1.82, 2.24) is 0 Å². The van der Waals surface area contributed by atoms with E-state index in [0.717, 1.165) is 38.8 Å². The molecule has 1 aromatic carbocycles. The molecule has 0 aliphatic carbocycles. The first-order chi connectivity index (χ1) is 9.15. The fourth-order valence-corrected chi connectivity index (χ4v) is 3.25. The van der Waals surface area contributed by atoms with Crippen molar-refractivity contribution in [1.29, 1.82) is 0 Å². The summed E-state index contributed by atoms with van der Waals surface area (Å²) in [6, 6.07) is 10.8. The predicted molar refractivity (Wildman–Crippen MR) is 80.1 cm³/mol. The van der Waals surface area contributed by atoms with Gasteiger partial charge in [-0.1, -0.05) is 44.2 Å². The van der Waals surface area contributed by atoms with Crippen molar-refractivity contribution in [2.24, 2.45) is 17.1 Å². The van der Waals surface area contributed by atoms with Crippen molar-refractivity contribution in [2.45, 2.75) is 45.6 Å². The third-order valence-electron chi connectivity index (χ3n) is 4.44. The molecule has 2 nitrogen and oxygen atoms in total. The Labute approximate surface area is 117 Å². The highest BCUT2D eigenvalue weighted by Crippen LogP contribution is 2.41. The van der Waals surface area contributed by atoms with Gasteiger partial charge in [0.1, 0.15) is 0 Å². The highest BCUT2D eigenvalue weighted by atomic mass is 16.5. The van der Waals surface area contributed by atoms with E-state index in [1.54, 1.807) is 0 Å². The molecular formula is C17H27NO. The lowest BCUT2D eigenvalue weighted by Gasteiger charge is -2.42. The predicted octanol–water partition coefficient (Wildman–Crippen LogP) is 3.40. The molecule has 2 heteroatoms. The number of benzene rings is 1. The zero-order valence-corrected chi connectivity index (χ0v) is 12.3. The number of nitrogens with two attached hydrogens (primary N) is 1. The van der Waals surface area contributed by atoms with Crippen LogP contribution in [-0.2, 0) is 11.2 Å². The molecule has 1 fully saturated rings. The average molecular weight is 261 g/mol. The van der Waals surface area contributed by atoms with Gasteiger partial charge in [-0.15, -0.1) is 0 Å². The van der Waals surface area contributed by atoms with Gasteiger partial charge in [-0.05, 0) is 49.1 Å². The Hall–Kier alpha value is -0.860. The molecule has 2 atom stereocenters. The molecule has 19 heavy (non-hydrogen) atoms. The Morgan fingerprint density at radius 1 is 1.32 bits per heavy atom. The first-order valence-corrected chi connectivity index (χ1v) is 7.51. The number of hydrogen-bond donors (Lipinski definition) is 1. The molecule has 1 aliphatic heterocycles. The standard InChI is InChI=1S/C17H27NO/c1-14(2)16-13-17(8-10-18,9-11-19-16)12-15-6-4-3-5-7-15/h3-7,14,16H,8-13,18H2,1-2H3/t16-,17+/m1/s1. The minimum Gasteiger partial charge on any atom is -0.378 e. The lowest BCUT2D eigenvalue weighted by atomic mass is 9.69. The van der Waals surface area contributed by atoms with Gasteiger partial charge in [0, 0.05) is 6.61 Å². The van der Waals surface area contributed by atoms with Gasteiger partial charge in [-0.3, -0.25) is 0 Å². The van der Waals surface area contributed by atoms with Gasteiger partial charge < -0.3 is 10.5 Å². The topological polar surface area (TPSA) is 35.2 Å². The van der Waals surface area contributed by atoms with Gasteiger partial charge in [-0.2, -0.15) is 0 Å². The van der Waals surface area contributed by atoms with E-state index in [-0.39, 0.29) is 0 Å². The van der Waals surface area contributed by atoms with Crippen molar-refractivity contribution in [3.63, 3.8) is 0 Å². The lowest BCUT2D eigenvalue weighted by molar-refractivity contribution is -0.0714. The summed E-state index contributed by atoms with van der Waals surface area (Å²) in [6.45, 7) is 6.17. The SMILES string of the molecule is CC(C)[C@H]1C[C@](CCN)(Cc2ccccc2)CCO1. The van der Waals surface area contributed by atoms with Crippen molar-refractivity contribution < 1.29 is 4.74 Å². The summed E-state index contributed by atoms with van der Waals surface area (Å²) in [5.41, 5.74) is 7.65. The maximum Gasteiger partial charge on any atom is 0.0603 e. The molecule has 1 aliphatic rings. The molecule has 0 bridgehead atoms. The van der Waals surface area contributed by atoms with E-state index in [1.165, 1.54) is 5.56 Å². The van der Waals surface area contributed by atoms with Crippen LogP contribution in [0.5, 0.6) is 0 Å². The molecule has 0 aromatic heterocycles. The monoisotopic (exact) mass is 261 g/mol. The molecule has 0 spiro atoms. The Kier molecular flexibility index (Phi) is 5.00. The second kappa shape index (κ2) is 6.53. The van der Waals surface area contributed by atoms with Crippen molar-refractivity contribution in [3.05, 3.63) is 35.9 Å². The summed E-state index contributed by atoms with van der Waals surface area (Å²) >= 11 is 0. The maximum atomic E-state index is 5.94. The Balaban J connectivity index is 2.12. The highest BCUT2D eigenvalue weighted by molar-refractivity contribution is 5.17. The first-order valence-electron chi connectivity index (χ1n) is 7.51. The summed E-state index contributed by atoms with van der Waals surface area (Å²) in [7, 11) is 0. The zero-order chi connectivity index (χ0) is 13.7. The van der Waals surface area contributed by atoms with Crippen molar-refractivity contribution in [3.8, 4) is 0 Å². The fraction of sp³-hybridized carbons (Fsp3) is 0.647. The van der Waals surface area contributed by atoms with Crippen molar-refractivity contribution in [2.75, 3.05) is 13.2 Å². The third kappa shape index (κ3) is 3.80. The lowest BCUT2D eigenvalue weighted by Crippen LogP contribution is -2.40. The Morgan fingerprint density at radius 3 is 2.68 bits per heavy atom. The molecule has 1 heterocycles. The fourth-order valence-electron chi connectivity index (χ4n) is 3.25. The Bertz CT molecular complexity index is 372. The van der Waals surface area contributed by atoms with Gasteiger partial charge in [0.25, 0.3) is 0 Å². The minimum atomic E-state index is 0.337. The van der Waals surface area contributed by atoms with Gasteiger partial charge >= 0.3 is 0 Å². The van der Waals surface area contributed by atoms with Crippen molar-refractivity contribution >= 4 is 0 Å². The van der Waals surface area contributed by atoms with E-state index in [4.69, 9.17) is 10.5 Å². The second-order valence-corrected chi connectivity index (χ2v) is 6.31. The van der Waals surface area contributed by atoms with E-state index in [2.05, 4.69) is 44.2 Å². The Morgan fingerprint density at radius 2 is 2.05 bits per heavy atom. The number of hydrogen-bond acceptors (Lipinski definition) is 2. The molecule has 2 rings (SSSR count). The molecule has 0 amide bonds. The molecular weight excluding hydrogens is 234 g/mol. The summed E-state index contributed by atoms with van der Waals surface area (Å²) < 4.78 is 5.94. The molecule has 0 radical (unpaired) electrons. The smallest absolute Gasteiger partial charge is 0.0603 e. The molecule has 106 valence electrons. The summed E-state index contributed by atoms with van der Waals surface area (Å²) in [5.74, 6) is 0.591. The molecule has 0 unspecified atom stereocenters. The van der Waals surface area contributed by atoms with Gasteiger partial charge in [-0.25, -0.2) is 0 Å². The molecule has 2 N–H and O–H groups in total. The maximum absolute atomic E-state index is 5.94. The highest BCUT2D eigenvalue weighted by Gasteiger charge is 2.37. The zero-order valence-electron chi connectivity index (χ0n) is 12.3. The van der Waals surface area contributed by atoms with E-state index in [1.807, 2.05) is 0 Å². The van der Waals surface area contributed by atoms with Crippen LogP contribution < -0.4 is 5.73 Å². The van der Waals surface area contributed by atoms with Gasteiger partial charge in [0.15, 0.2) is 0 Å². The van der Waals surface area contributed by atoms with Crippen LogP contribution in [0.3, 0.4) is 0 Å². The first kappa shape index (κ1) is 14.5. The van der Waals surface area contributed by atoms with Crippen LogP contribution in [-0.4, -0.2) is 19.3 Å². The van der Waals surface area contributed by atoms with Gasteiger partial charge in [0.05, 0.1) is 6.10 Å². The van der Waals surface area contributed by atoms with E-state index in [9.17, 15) is 0 Å². The third-order valence-corrected chi connectivity index (χ3v) is 4.44. The number of ether oxygens (including phenoxy) is 1. The minimum absolute atomic E-state index is 0.337. The average Bonchev–Trinajstić information content (AvgIpc) is 2.40. The second-order valence-electron chi connectivity index (χ2n) is 6.31. The molecule has 1 saturated heterocycles. The largest absolute Gasteiger partial charge is 0.378 e. The van der Waals surface area contributed by atoms with Crippen LogP contribution in [0.4, 0.5) is 0 Å². The quantitative estimate of drug-likeness (QED) is 0.881. The van der Waals surface area contributed by atoms with Crippen LogP contribution in [0.1, 0.15) is 38.7 Å². The van der Waals surface area contributed by atoms with Crippen LogP contribution in [0.2, 0.25) is 0 Å². The van der Waals surface area contributed by atoms with Crippen LogP contribution >= 0.6 is 0 Å². The van der Waals surface area contributed by atoms with E-state index in [0.29, 0.717) is 17.4 Å². The van der Waals surface area contributed by atoms with Crippen LogP contribution in [0.15, 0.2) is 30.3 Å². The summed E-state index contributed by atoms with van der Waals surface area (Å²) in [4.78, 5) is 0. The van der Waals surface area contributed by atoms with Crippen LogP contribution in [0.25, 0.3) is 0 Å². The number of rotatable bonds is 5. The van der Waals surface area contributed by atoms with E-state index < -0.39 is 0 Å². The van der Waals surface area contributed by atoms with Crippen LogP contribution in [0, 0.1) is 11.3 Å². The van der Waals surface area contributed by atoms with E-state index >= 15 is 0 Å². The van der Waals surface area contributed by atoms with Gasteiger partial charge in [0.2, 0.25) is 0 Å².